The summed E-state index contributed by atoms with van der Waals surface area (Å²) in [5.41, 5.74) is 2.15. The lowest BCUT2D eigenvalue weighted by Gasteiger charge is -2.25. The van der Waals surface area contributed by atoms with Gasteiger partial charge in [-0.2, -0.15) is 0 Å². The molecule has 0 spiro atoms. The largest absolute Gasteiger partial charge is 0.379 e. The van der Waals surface area contributed by atoms with Gasteiger partial charge in [-0.05, 0) is 5.56 Å². The van der Waals surface area contributed by atoms with Crippen LogP contribution in [0.2, 0.25) is 0 Å². The third-order valence-corrected chi connectivity index (χ3v) is 5.71. The highest BCUT2D eigenvalue weighted by Gasteiger charge is 2.18. The molecule has 1 aliphatic heterocycles. The third-order valence-electron chi connectivity index (χ3n) is 4.84. The normalized spacial score (nSPS) is 14.4. The molecule has 7 nitrogen and oxygen atoms in total. The standard InChI is InChI=1S/C22H23N5O2S/c1-2-8-23-19(28)13-24-21-20-17(16-6-4-3-5-7-16)15-30-22(20)26-18(25-21)14-27-9-11-29-12-10-27/h1,3-7,15H,8-14H2,(H,23,28)(H,24,25,26). The fourth-order valence-corrected chi connectivity index (χ4v) is 4.32. The molecule has 0 unspecified atom stereocenters. The van der Waals surface area contributed by atoms with Gasteiger partial charge in [-0.1, -0.05) is 36.3 Å². The number of carbonyl (C=O) groups excluding carboxylic acids is 1. The van der Waals surface area contributed by atoms with E-state index in [-0.39, 0.29) is 19.0 Å². The summed E-state index contributed by atoms with van der Waals surface area (Å²) >= 11 is 1.59. The lowest BCUT2D eigenvalue weighted by Crippen LogP contribution is -2.36. The molecule has 2 aromatic heterocycles. The Hall–Kier alpha value is -2.99. The van der Waals surface area contributed by atoms with Crippen LogP contribution in [-0.4, -0.2) is 60.2 Å². The van der Waals surface area contributed by atoms with Crippen molar-refractivity contribution in [1.82, 2.24) is 20.2 Å². The van der Waals surface area contributed by atoms with Crippen molar-refractivity contribution in [3.8, 4) is 23.5 Å². The van der Waals surface area contributed by atoms with Crippen molar-refractivity contribution in [2.24, 2.45) is 0 Å². The minimum absolute atomic E-state index is 0.0921. The number of hydrogen-bond donors (Lipinski definition) is 2. The molecule has 2 N–H and O–H groups in total. The number of nitrogens with zero attached hydrogens (tertiary/aromatic N) is 3. The number of thiophene rings is 1. The lowest BCUT2D eigenvalue weighted by molar-refractivity contribution is -0.119. The number of aromatic nitrogens is 2. The number of benzene rings is 1. The van der Waals surface area contributed by atoms with Gasteiger partial charge in [0, 0.05) is 24.0 Å². The summed E-state index contributed by atoms with van der Waals surface area (Å²) < 4.78 is 5.43. The minimum Gasteiger partial charge on any atom is -0.379 e. The maximum atomic E-state index is 12.1. The van der Waals surface area contributed by atoms with Crippen molar-refractivity contribution < 1.29 is 9.53 Å². The molecule has 0 atom stereocenters. The first-order chi connectivity index (χ1) is 14.7. The van der Waals surface area contributed by atoms with E-state index < -0.39 is 0 Å². The fraction of sp³-hybridized carbons (Fsp3) is 0.318. The number of rotatable bonds is 7. The number of nitrogens with one attached hydrogen (secondary N) is 2. The number of carbonyl (C=O) groups is 1. The quantitative estimate of drug-likeness (QED) is 0.570. The van der Waals surface area contributed by atoms with Crippen LogP contribution in [0, 0.1) is 12.3 Å². The van der Waals surface area contributed by atoms with Crippen LogP contribution in [0.5, 0.6) is 0 Å². The van der Waals surface area contributed by atoms with Gasteiger partial charge in [0.1, 0.15) is 16.5 Å². The van der Waals surface area contributed by atoms with Crippen LogP contribution in [0.4, 0.5) is 5.82 Å². The maximum absolute atomic E-state index is 12.1. The van der Waals surface area contributed by atoms with Crippen LogP contribution in [0.25, 0.3) is 21.3 Å². The highest BCUT2D eigenvalue weighted by Crippen LogP contribution is 2.37. The Labute approximate surface area is 179 Å². The summed E-state index contributed by atoms with van der Waals surface area (Å²) in [4.78, 5) is 24.9. The number of ether oxygens (including phenoxy) is 1. The van der Waals surface area contributed by atoms with E-state index in [0.717, 1.165) is 53.5 Å². The molecule has 4 rings (SSSR count). The molecule has 0 aliphatic carbocycles. The van der Waals surface area contributed by atoms with Crippen molar-refractivity contribution in [3.05, 3.63) is 41.5 Å². The van der Waals surface area contributed by atoms with E-state index >= 15 is 0 Å². The third kappa shape index (κ3) is 4.76. The first-order valence-electron chi connectivity index (χ1n) is 9.82. The van der Waals surface area contributed by atoms with Crippen LogP contribution in [-0.2, 0) is 16.1 Å². The maximum Gasteiger partial charge on any atom is 0.240 e. The van der Waals surface area contributed by atoms with Crippen molar-refractivity contribution >= 4 is 33.3 Å². The molecule has 8 heteroatoms. The molecule has 1 fully saturated rings. The summed E-state index contributed by atoms with van der Waals surface area (Å²) in [6.07, 6.45) is 5.22. The van der Waals surface area contributed by atoms with E-state index in [4.69, 9.17) is 21.1 Å². The van der Waals surface area contributed by atoms with Crippen LogP contribution in [0.3, 0.4) is 0 Å². The van der Waals surface area contributed by atoms with E-state index in [0.29, 0.717) is 12.4 Å². The van der Waals surface area contributed by atoms with Gasteiger partial charge in [0.2, 0.25) is 5.91 Å². The predicted molar refractivity (Wildman–Crippen MR) is 119 cm³/mol. The van der Waals surface area contributed by atoms with Crippen LogP contribution >= 0.6 is 11.3 Å². The topological polar surface area (TPSA) is 79.4 Å². The van der Waals surface area contributed by atoms with E-state index in [9.17, 15) is 4.79 Å². The van der Waals surface area contributed by atoms with Gasteiger partial charge < -0.3 is 15.4 Å². The first-order valence-corrected chi connectivity index (χ1v) is 10.7. The molecular formula is C22H23N5O2S. The van der Waals surface area contributed by atoms with Gasteiger partial charge in [0.25, 0.3) is 0 Å². The molecular weight excluding hydrogens is 398 g/mol. The fourth-order valence-electron chi connectivity index (χ4n) is 3.35. The van der Waals surface area contributed by atoms with E-state index in [1.165, 1.54) is 0 Å². The van der Waals surface area contributed by atoms with E-state index in [1.807, 2.05) is 18.2 Å². The Kier molecular flexibility index (Phi) is 6.54. The number of terminal acetylenes is 1. The molecule has 30 heavy (non-hydrogen) atoms. The molecule has 0 radical (unpaired) electrons. The average Bonchev–Trinajstić information content (AvgIpc) is 3.21. The van der Waals surface area contributed by atoms with Gasteiger partial charge >= 0.3 is 0 Å². The number of fused-ring (bicyclic) bond motifs is 1. The molecule has 0 bridgehead atoms. The Balaban J connectivity index is 1.66. The van der Waals surface area contributed by atoms with Crippen LogP contribution < -0.4 is 10.6 Å². The van der Waals surface area contributed by atoms with Gasteiger partial charge in [0.15, 0.2) is 0 Å². The lowest BCUT2D eigenvalue weighted by atomic mass is 10.1. The first kappa shape index (κ1) is 20.3. The van der Waals surface area contributed by atoms with Gasteiger partial charge in [-0.25, -0.2) is 9.97 Å². The number of amides is 1. The summed E-state index contributed by atoms with van der Waals surface area (Å²) in [5, 5.41) is 8.90. The molecule has 1 saturated heterocycles. The number of morpholine rings is 1. The van der Waals surface area contributed by atoms with Crippen molar-refractivity contribution in [3.63, 3.8) is 0 Å². The zero-order chi connectivity index (χ0) is 20.8. The highest BCUT2D eigenvalue weighted by molar-refractivity contribution is 7.17. The Morgan fingerprint density at radius 1 is 1.23 bits per heavy atom. The van der Waals surface area contributed by atoms with E-state index in [2.05, 4.69) is 39.0 Å². The molecule has 0 saturated carbocycles. The molecule has 1 amide bonds. The predicted octanol–water partition coefficient (Wildman–Crippen LogP) is 2.35. The Morgan fingerprint density at radius 2 is 2.03 bits per heavy atom. The van der Waals surface area contributed by atoms with Crippen molar-refractivity contribution in [1.29, 1.82) is 0 Å². The smallest absolute Gasteiger partial charge is 0.240 e. The second-order valence-electron chi connectivity index (χ2n) is 6.91. The summed E-state index contributed by atoms with van der Waals surface area (Å²) in [5.74, 6) is 3.63. The SMILES string of the molecule is C#CCNC(=O)CNc1nc(CN2CCOCC2)nc2scc(-c3ccccc3)c12. The Morgan fingerprint density at radius 3 is 2.80 bits per heavy atom. The second-order valence-corrected chi connectivity index (χ2v) is 7.77. The van der Waals surface area contributed by atoms with Gasteiger partial charge in [0.05, 0.1) is 38.2 Å². The average molecular weight is 422 g/mol. The van der Waals surface area contributed by atoms with Crippen molar-refractivity contribution in [2.45, 2.75) is 6.54 Å². The summed E-state index contributed by atoms with van der Waals surface area (Å²) in [6, 6.07) is 10.1. The zero-order valence-corrected chi connectivity index (χ0v) is 17.4. The van der Waals surface area contributed by atoms with Crippen LogP contribution in [0.1, 0.15) is 5.82 Å². The zero-order valence-electron chi connectivity index (χ0n) is 16.6. The molecule has 1 aromatic carbocycles. The van der Waals surface area contributed by atoms with Gasteiger partial charge in [-0.3, -0.25) is 9.69 Å². The number of anilines is 1. The summed E-state index contributed by atoms with van der Waals surface area (Å²) in [7, 11) is 0. The Bertz CT molecular complexity index is 1050. The monoisotopic (exact) mass is 421 g/mol. The molecule has 3 heterocycles. The van der Waals surface area contributed by atoms with Crippen LogP contribution in [0.15, 0.2) is 35.7 Å². The summed E-state index contributed by atoms with van der Waals surface area (Å²) in [6.45, 7) is 4.11. The van der Waals surface area contributed by atoms with Gasteiger partial charge in [-0.15, -0.1) is 17.8 Å². The minimum atomic E-state index is -0.175. The second kappa shape index (κ2) is 9.67. The number of hydrogen-bond acceptors (Lipinski definition) is 7. The highest BCUT2D eigenvalue weighted by atomic mass is 32.1. The molecule has 3 aromatic rings. The molecule has 1 aliphatic rings. The van der Waals surface area contributed by atoms with Crippen molar-refractivity contribution in [2.75, 3.05) is 44.7 Å². The van der Waals surface area contributed by atoms with E-state index in [1.54, 1.807) is 11.3 Å². The molecule has 154 valence electrons.